The zero-order valence-corrected chi connectivity index (χ0v) is 15.9. The number of nitrogens with zero attached hydrogens (tertiary/aromatic N) is 2. The summed E-state index contributed by atoms with van der Waals surface area (Å²) in [6, 6.07) is 9.18. The third kappa shape index (κ3) is 4.67. The van der Waals surface area contributed by atoms with Crippen LogP contribution in [0.4, 0.5) is 0 Å². The molecule has 1 aliphatic carbocycles. The standard InChI is InChI=1S/C21H28N2O4/c1-27-21(26)18-15-22(19(24)12-11-16-7-3-2-4-8-16)13-14-23(18)20(25)17-9-5-6-10-17/h2-4,7-8,17-18H,5-6,9-15H2,1H3. The number of amides is 2. The Balaban J connectivity index is 1.62. The van der Waals surface area contributed by atoms with Gasteiger partial charge in [-0.25, -0.2) is 4.79 Å². The van der Waals surface area contributed by atoms with Crippen LogP contribution in [0.15, 0.2) is 30.3 Å². The van der Waals surface area contributed by atoms with Gasteiger partial charge in [0.2, 0.25) is 11.8 Å². The number of aryl methyl sites for hydroxylation is 1. The molecule has 1 saturated carbocycles. The second-order valence-electron chi connectivity index (χ2n) is 7.38. The van der Waals surface area contributed by atoms with E-state index in [0.717, 1.165) is 31.2 Å². The summed E-state index contributed by atoms with van der Waals surface area (Å²) in [6.45, 7) is 1.09. The van der Waals surface area contributed by atoms with E-state index in [0.29, 0.717) is 25.9 Å². The van der Waals surface area contributed by atoms with Crippen LogP contribution in [0.25, 0.3) is 0 Å². The van der Waals surface area contributed by atoms with Crippen LogP contribution >= 0.6 is 0 Å². The van der Waals surface area contributed by atoms with E-state index in [1.165, 1.54) is 7.11 Å². The van der Waals surface area contributed by atoms with Crippen molar-refractivity contribution >= 4 is 17.8 Å². The monoisotopic (exact) mass is 372 g/mol. The summed E-state index contributed by atoms with van der Waals surface area (Å²) in [5, 5.41) is 0. The molecule has 3 rings (SSSR count). The maximum Gasteiger partial charge on any atom is 0.330 e. The molecule has 0 bridgehead atoms. The third-order valence-electron chi connectivity index (χ3n) is 5.66. The van der Waals surface area contributed by atoms with E-state index in [1.54, 1.807) is 9.80 Å². The molecule has 6 nitrogen and oxygen atoms in total. The van der Waals surface area contributed by atoms with Crippen LogP contribution in [-0.4, -0.2) is 60.4 Å². The molecule has 2 aliphatic rings. The van der Waals surface area contributed by atoms with Gasteiger partial charge in [0.25, 0.3) is 0 Å². The van der Waals surface area contributed by atoms with Crippen molar-refractivity contribution in [1.82, 2.24) is 9.80 Å². The number of hydrogen-bond donors (Lipinski definition) is 0. The Bertz CT molecular complexity index is 670. The first-order chi connectivity index (χ1) is 13.1. The molecular weight excluding hydrogens is 344 g/mol. The topological polar surface area (TPSA) is 66.9 Å². The highest BCUT2D eigenvalue weighted by atomic mass is 16.5. The molecule has 2 fully saturated rings. The smallest absolute Gasteiger partial charge is 0.330 e. The van der Waals surface area contributed by atoms with Crippen molar-refractivity contribution in [3.05, 3.63) is 35.9 Å². The average molecular weight is 372 g/mol. The molecule has 146 valence electrons. The number of carbonyl (C=O) groups is 3. The summed E-state index contributed by atoms with van der Waals surface area (Å²) in [7, 11) is 1.33. The maximum absolute atomic E-state index is 12.8. The minimum atomic E-state index is -0.697. The normalized spacial score (nSPS) is 20.6. The molecule has 0 spiro atoms. The summed E-state index contributed by atoms with van der Waals surface area (Å²) in [6.07, 6.45) is 4.98. The van der Waals surface area contributed by atoms with Crippen molar-refractivity contribution in [2.24, 2.45) is 5.92 Å². The highest BCUT2D eigenvalue weighted by Crippen LogP contribution is 2.28. The summed E-state index contributed by atoms with van der Waals surface area (Å²) in [4.78, 5) is 41.1. The highest BCUT2D eigenvalue weighted by molar-refractivity contribution is 5.87. The van der Waals surface area contributed by atoms with Crippen molar-refractivity contribution < 1.29 is 19.1 Å². The minimum absolute atomic E-state index is 0.0116. The Morgan fingerprint density at radius 2 is 1.78 bits per heavy atom. The zero-order chi connectivity index (χ0) is 19.2. The predicted molar refractivity (Wildman–Crippen MR) is 101 cm³/mol. The summed E-state index contributed by atoms with van der Waals surface area (Å²) in [5.74, 6) is -0.376. The van der Waals surface area contributed by atoms with Crippen LogP contribution in [0, 0.1) is 5.92 Å². The summed E-state index contributed by atoms with van der Waals surface area (Å²) >= 11 is 0. The molecule has 1 aliphatic heterocycles. The molecule has 1 aromatic carbocycles. The molecule has 0 aromatic heterocycles. The van der Waals surface area contributed by atoms with Gasteiger partial charge in [-0.15, -0.1) is 0 Å². The van der Waals surface area contributed by atoms with E-state index in [-0.39, 0.29) is 24.3 Å². The number of piperazine rings is 1. The second-order valence-corrected chi connectivity index (χ2v) is 7.38. The number of rotatable bonds is 5. The quantitative estimate of drug-likeness (QED) is 0.742. The van der Waals surface area contributed by atoms with E-state index >= 15 is 0 Å². The Hall–Kier alpha value is -2.37. The van der Waals surface area contributed by atoms with Crippen molar-refractivity contribution in [3.63, 3.8) is 0 Å². The number of esters is 1. The first-order valence-corrected chi connectivity index (χ1v) is 9.80. The van der Waals surface area contributed by atoms with Gasteiger partial charge in [0, 0.05) is 25.4 Å². The van der Waals surface area contributed by atoms with Gasteiger partial charge in [-0.05, 0) is 24.8 Å². The fourth-order valence-electron chi connectivity index (χ4n) is 4.07. The fourth-order valence-corrected chi connectivity index (χ4v) is 4.07. The Morgan fingerprint density at radius 1 is 1.07 bits per heavy atom. The zero-order valence-electron chi connectivity index (χ0n) is 15.9. The lowest BCUT2D eigenvalue weighted by Crippen LogP contribution is -2.60. The molecule has 27 heavy (non-hydrogen) atoms. The van der Waals surface area contributed by atoms with Gasteiger partial charge in [-0.3, -0.25) is 9.59 Å². The van der Waals surface area contributed by atoms with E-state index in [9.17, 15) is 14.4 Å². The van der Waals surface area contributed by atoms with Gasteiger partial charge in [0.15, 0.2) is 0 Å². The number of carbonyl (C=O) groups excluding carboxylic acids is 3. The maximum atomic E-state index is 12.8. The molecular formula is C21H28N2O4. The van der Waals surface area contributed by atoms with Gasteiger partial charge in [-0.1, -0.05) is 43.2 Å². The lowest BCUT2D eigenvalue weighted by molar-refractivity contribution is -0.160. The van der Waals surface area contributed by atoms with Crippen molar-refractivity contribution in [2.45, 2.75) is 44.6 Å². The molecule has 1 atom stereocenters. The van der Waals surface area contributed by atoms with Gasteiger partial charge >= 0.3 is 5.97 Å². The van der Waals surface area contributed by atoms with Crippen LogP contribution in [-0.2, 0) is 25.5 Å². The van der Waals surface area contributed by atoms with Crippen molar-refractivity contribution in [3.8, 4) is 0 Å². The Kier molecular flexibility index (Phi) is 6.48. The van der Waals surface area contributed by atoms with E-state index in [2.05, 4.69) is 0 Å². The summed E-state index contributed by atoms with van der Waals surface area (Å²) in [5.41, 5.74) is 1.12. The minimum Gasteiger partial charge on any atom is -0.467 e. The third-order valence-corrected chi connectivity index (χ3v) is 5.66. The van der Waals surface area contributed by atoms with Crippen LogP contribution < -0.4 is 0 Å². The van der Waals surface area contributed by atoms with Gasteiger partial charge in [0.05, 0.1) is 13.7 Å². The highest BCUT2D eigenvalue weighted by Gasteiger charge is 2.40. The molecule has 1 unspecified atom stereocenters. The molecule has 0 N–H and O–H groups in total. The first kappa shape index (κ1) is 19.4. The number of benzene rings is 1. The fraction of sp³-hybridized carbons (Fsp3) is 0.571. The van der Waals surface area contributed by atoms with Crippen LogP contribution in [0.1, 0.15) is 37.7 Å². The molecule has 1 heterocycles. The predicted octanol–water partition coefficient (Wildman–Crippen LogP) is 2.02. The van der Waals surface area contributed by atoms with E-state index in [4.69, 9.17) is 4.74 Å². The SMILES string of the molecule is COC(=O)C1CN(C(=O)CCc2ccccc2)CCN1C(=O)C1CCCC1. The number of methoxy groups -OCH3 is 1. The van der Waals surface area contributed by atoms with E-state index < -0.39 is 12.0 Å². The van der Waals surface area contributed by atoms with Gasteiger partial charge in [0.1, 0.15) is 6.04 Å². The summed E-state index contributed by atoms with van der Waals surface area (Å²) < 4.78 is 4.92. The molecule has 1 aromatic rings. The van der Waals surface area contributed by atoms with Gasteiger partial charge < -0.3 is 14.5 Å². The molecule has 0 radical (unpaired) electrons. The number of hydrogen-bond acceptors (Lipinski definition) is 4. The van der Waals surface area contributed by atoms with Crippen LogP contribution in [0.2, 0.25) is 0 Å². The Morgan fingerprint density at radius 3 is 2.44 bits per heavy atom. The van der Waals surface area contributed by atoms with Crippen LogP contribution in [0.5, 0.6) is 0 Å². The average Bonchev–Trinajstić information content (AvgIpc) is 3.26. The van der Waals surface area contributed by atoms with E-state index in [1.807, 2.05) is 30.3 Å². The van der Waals surface area contributed by atoms with Crippen LogP contribution in [0.3, 0.4) is 0 Å². The molecule has 1 saturated heterocycles. The Labute approximate surface area is 160 Å². The first-order valence-electron chi connectivity index (χ1n) is 9.80. The molecule has 6 heteroatoms. The number of ether oxygens (including phenoxy) is 1. The lowest BCUT2D eigenvalue weighted by Gasteiger charge is -2.41. The largest absolute Gasteiger partial charge is 0.467 e. The molecule has 2 amide bonds. The van der Waals surface area contributed by atoms with Crippen molar-refractivity contribution in [1.29, 1.82) is 0 Å². The van der Waals surface area contributed by atoms with Gasteiger partial charge in [-0.2, -0.15) is 0 Å². The van der Waals surface area contributed by atoms with Crippen molar-refractivity contribution in [2.75, 3.05) is 26.7 Å². The lowest BCUT2D eigenvalue weighted by atomic mass is 10.0. The second kappa shape index (κ2) is 9.02.